The normalized spacial score (nSPS) is 19.7. The van der Waals surface area contributed by atoms with Crippen LogP contribution in [0.1, 0.15) is 29.6 Å². The third kappa shape index (κ3) is 3.14. The molecule has 7 nitrogen and oxygen atoms in total. The van der Waals surface area contributed by atoms with Crippen molar-refractivity contribution in [3.05, 3.63) is 30.0 Å². The van der Waals surface area contributed by atoms with Crippen LogP contribution < -0.4 is 10.1 Å². The molecule has 0 aliphatic carbocycles. The van der Waals surface area contributed by atoms with Gasteiger partial charge in [-0.1, -0.05) is 0 Å². The topological polar surface area (TPSA) is 83.7 Å². The quantitative estimate of drug-likeness (QED) is 0.826. The van der Waals surface area contributed by atoms with Crippen molar-refractivity contribution in [1.29, 1.82) is 0 Å². The molecular weight excluding hydrogens is 334 g/mol. The second kappa shape index (κ2) is 7.37. The monoisotopic (exact) mass is 359 g/mol. The number of methoxy groups -OCH3 is 2. The van der Waals surface area contributed by atoms with Gasteiger partial charge in [-0.2, -0.15) is 0 Å². The van der Waals surface area contributed by atoms with E-state index in [1.807, 2.05) is 18.2 Å². The van der Waals surface area contributed by atoms with Crippen molar-refractivity contribution in [3.63, 3.8) is 0 Å². The summed E-state index contributed by atoms with van der Waals surface area (Å²) in [6, 6.07) is 5.59. The smallest absolute Gasteiger partial charge is 0.256 e. The number of aromatic amines is 1. The molecule has 1 aliphatic rings. The van der Waals surface area contributed by atoms with E-state index in [1.54, 1.807) is 32.4 Å². The van der Waals surface area contributed by atoms with Crippen molar-refractivity contribution in [3.8, 4) is 5.75 Å². The van der Waals surface area contributed by atoms with Gasteiger partial charge in [0.1, 0.15) is 5.75 Å². The first-order valence-electron chi connectivity index (χ1n) is 8.71. The summed E-state index contributed by atoms with van der Waals surface area (Å²) in [5.74, 6) is 0.506. The summed E-state index contributed by atoms with van der Waals surface area (Å²) in [5.41, 5.74) is 0.837. The predicted octanol–water partition coefficient (Wildman–Crippen LogP) is 1.93. The van der Waals surface area contributed by atoms with Gasteiger partial charge >= 0.3 is 0 Å². The molecule has 140 valence electrons. The molecule has 1 aromatic carbocycles. The summed E-state index contributed by atoms with van der Waals surface area (Å²) < 4.78 is 10.7. The van der Waals surface area contributed by atoms with Gasteiger partial charge in [-0.3, -0.25) is 9.59 Å². The number of hydrogen-bond acceptors (Lipinski definition) is 4. The molecule has 2 N–H and O–H groups in total. The maximum Gasteiger partial charge on any atom is 0.256 e. The maximum absolute atomic E-state index is 13.4. The first kappa shape index (κ1) is 18.3. The third-order valence-electron chi connectivity index (χ3n) is 5.14. The van der Waals surface area contributed by atoms with E-state index in [0.29, 0.717) is 24.5 Å². The summed E-state index contributed by atoms with van der Waals surface area (Å²) in [4.78, 5) is 30.4. The van der Waals surface area contributed by atoms with Gasteiger partial charge in [0.25, 0.3) is 5.91 Å². The summed E-state index contributed by atoms with van der Waals surface area (Å²) in [7, 11) is 4.81. The molecule has 0 saturated carbocycles. The molecule has 3 rings (SSSR count). The number of fused-ring (bicyclic) bond motifs is 1. The maximum atomic E-state index is 13.4. The molecule has 0 spiro atoms. The second-order valence-electron chi connectivity index (χ2n) is 6.68. The summed E-state index contributed by atoms with van der Waals surface area (Å²) in [6.07, 6.45) is 3.54. The number of aromatic nitrogens is 1. The molecule has 2 heterocycles. The zero-order chi connectivity index (χ0) is 18.7. The summed E-state index contributed by atoms with van der Waals surface area (Å²) >= 11 is 0. The lowest BCUT2D eigenvalue weighted by molar-refractivity contribution is -0.123. The number of rotatable bonds is 6. The molecule has 2 aromatic rings. The molecule has 2 amide bonds. The van der Waals surface area contributed by atoms with Crippen LogP contribution in [-0.4, -0.2) is 61.7 Å². The standard InChI is InChI=1S/C19H25N3O4/c1-20-17(23)10-19(12-25-2)7-4-8-22(19)18(24)15-11-21-16-6-5-13(26-3)9-14(15)16/h5-6,9,11,21H,4,7-8,10,12H2,1-3H3,(H,20,23). The highest BCUT2D eigenvalue weighted by Crippen LogP contribution is 2.35. The highest BCUT2D eigenvalue weighted by atomic mass is 16.5. The molecule has 1 unspecified atom stereocenters. The number of nitrogens with zero attached hydrogens (tertiary/aromatic N) is 1. The molecule has 1 atom stereocenters. The molecular formula is C19H25N3O4. The first-order valence-corrected chi connectivity index (χ1v) is 8.71. The van der Waals surface area contributed by atoms with Crippen molar-refractivity contribution in [2.75, 3.05) is 34.4 Å². The minimum Gasteiger partial charge on any atom is -0.497 e. The zero-order valence-electron chi connectivity index (χ0n) is 15.4. The second-order valence-corrected chi connectivity index (χ2v) is 6.68. The lowest BCUT2D eigenvalue weighted by Gasteiger charge is -2.37. The van der Waals surface area contributed by atoms with E-state index in [2.05, 4.69) is 10.3 Å². The van der Waals surface area contributed by atoms with Gasteiger partial charge in [-0.05, 0) is 31.0 Å². The molecule has 1 aliphatic heterocycles. The minimum absolute atomic E-state index is 0.0945. The summed E-state index contributed by atoms with van der Waals surface area (Å²) in [5, 5.41) is 3.47. The number of amides is 2. The van der Waals surface area contributed by atoms with Crippen LogP contribution in [0.25, 0.3) is 10.9 Å². The Hall–Kier alpha value is -2.54. The third-order valence-corrected chi connectivity index (χ3v) is 5.14. The molecule has 0 bridgehead atoms. The largest absolute Gasteiger partial charge is 0.497 e. The SMILES string of the molecule is CNC(=O)CC1(COC)CCCN1C(=O)c1c[nH]c2ccc(OC)cc12. The molecule has 1 aromatic heterocycles. The molecule has 1 fully saturated rings. The molecule has 7 heteroatoms. The Kier molecular flexibility index (Phi) is 5.18. The van der Waals surface area contributed by atoms with Gasteiger partial charge in [0, 0.05) is 37.8 Å². The van der Waals surface area contributed by atoms with E-state index in [0.717, 1.165) is 23.7 Å². The van der Waals surface area contributed by atoms with E-state index in [9.17, 15) is 9.59 Å². The Labute approximate surface area is 152 Å². The van der Waals surface area contributed by atoms with Crippen LogP contribution in [0, 0.1) is 0 Å². The van der Waals surface area contributed by atoms with Gasteiger partial charge in [-0.25, -0.2) is 0 Å². The highest BCUT2D eigenvalue weighted by molar-refractivity contribution is 6.07. The number of benzene rings is 1. The highest BCUT2D eigenvalue weighted by Gasteiger charge is 2.45. The number of carbonyl (C=O) groups is 2. The van der Waals surface area contributed by atoms with Crippen LogP contribution in [0.15, 0.2) is 24.4 Å². The van der Waals surface area contributed by atoms with Crippen LogP contribution in [0.4, 0.5) is 0 Å². The Morgan fingerprint density at radius 3 is 2.85 bits per heavy atom. The van der Waals surface area contributed by atoms with Crippen molar-refractivity contribution in [1.82, 2.24) is 15.2 Å². The lowest BCUT2D eigenvalue weighted by Crippen LogP contribution is -2.52. The van der Waals surface area contributed by atoms with E-state index >= 15 is 0 Å². The van der Waals surface area contributed by atoms with E-state index in [4.69, 9.17) is 9.47 Å². The van der Waals surface area contributed by atoms with Gasteiger partial charge in [0.2, 0.25) is 5.91 Å². The van der Waals surface area contributed by atoms with Gasteiger partial charge in [0.15, 0.2) is 0 Å². The van der Waals surface area contributed by atoms with Crippen molar-refractivity contribution < 1.29 is 19.1 Å². The average molecular weight is 359 g/mol. The fourth-order valence-corrected chi connectivity index (χ4v) is 3.85. The van der Waals surface area contributed by atoms with E-state index in [-0.39, 0.29) is 18.2 Å². The van der Waals surface area contributed by atoms with Crippen molar-refractivity contribution in [2.24, 2.45) is 0 Å². The van der Waals surface area contributed by atoms with Crippen LogP contribution in [0.3, 0.4) is 0 Å². The number of hydrogen-bond donors (Lipinski definition) is 2. The Balaban J connectivity index is 1.98. The van der Waals surface area contributed by atoms with Crippen LogP contribution in [-0.2, 0) is 9.53 Å². The van der Waals surface area contributed by atoms with E-state index in [1.165, 1.54) is 0 Å². The number of H-pyrrole nitrogens is 1. The zero-order valence-corrected chi connectivity index (χ0v) is 15.4. The van der Waals surface area contributed by atoms with Crippen LogP contribution >= 0.6 is 0 Å². The Morgan fingerprint density at radius 1 is 1.35 bits per heavy atom. The van der Waals surface area contributed by atoms with Crippen molar-refractivity contribution in [2.45, 2.75) is 24.8 Å². The average Bonchev–Trinajstić information content (AvgIpc) is 3.25. The molecule has 0 radical (unpaired) electrons. The summed E-state index contributed by atoms with van der Waals surface area (Å²) in [6.45, 7) is 0.938. The molecule has 26 heavy (non-hydrogen) atoms. The van der Waals surface area contributed by atoms with Crippen LogP contribution in [0.5, 0.6) is 5.75 Å². The number of nitrogens with one attached hydrogen (secondary N) is 2. The van der Waals surface area contributed by atoms with Gasteiger partial charge in [0.05, 0.1) is 31.2 Å². The Morgan fingerprint density at radius 2 is 2.15 bits per heavy atom. The molecule has 1 saturated heterocycles. The van der Waals surface area contributed by atoms with Crippen molar-refractivity contribution >= 4 is 22.7 Å². The first-order chi connectivity index (χ1) is 12.5. The van der Waals surface area contributed by atoms with Gasteiger partial charge < -0.3 is 24.7 Å². The van der Waals surface area contributed by atoms with Crippen LogP contribution in [0.2, 0.25) is 0 Å². The fourth-order valence-electron chi connectivity index (χ4n) is 3.85. The number of ether oxygens (including phenoxy) is 2. The lowest BCUT2D eigenvalue weighted by atomic mass is 9.91. The number of carbonyl (C=O) groups excluding carboxylic acids is 2. The minimum atomic E-state index is -0.617. The van der Waals surface area contributed by atoms with E-state index < -0.39 is 5.54 Å². The fraction of sp³-hybridized carbons (Fsp3) is 0.474. The Bertz CT molecular complexity index is 816. The number of likely N-dealkylation sites (tertiary alicyclic amines) is 1. The van der Waals surface area contributed by atoms with Gasteiger partial charge in [-0.15, -0.1) is 0 Å². The predicted molar refractivity (Wildman–Crippen MR) is 98.4 cm³/mol.